The van der Waals surface area contributed by atoms with Crippen LogP contribution in [0.15, 0.2) is 41.3 Å². The fraction of sp³-hybridized carbons (Fsp3) is 0.174. The van der Waals surface area contributed by atoms with Crippen molar-refractivity contribution in [3.8, 4) is 17.8 Å². The Bertz CT molecular complexity index is 1670. The van der Waals surface area contributed by atoms with Crippen LogP contribution in [-0.2, 0) is 16.8 Å². The van der Waals surface area contributed by atoms with Crippen molar-refractivity contribution in [2.24, 2.45) is 5.73 Å². The van der Waals surface area contributed by atoms with Gasteiger partial charge in [-0.05, 0) is 42.7 Å². The second kappa shape index (κ2) is 8.72. The fourth-order valence-corrected chi connectivity index (χ4v) is 5.66. The molecule has 2 amide bonds. The van der Waals surface area contributed by atoms with Gasteiger partial charge in [0.05, 0.1) is 33.6 Å². The Morgan fingerprint density at radius 2 is 1.70 bits per heavy atom. The molecule has 210 valence electrons. The largest absolute Gasteiger partial charge is 0.465 e. The van der Waals surface area contributed by atoms with Gasteiger partial charge >= 0.3 is 16.3 Å². The third-order valence-corrected chi connectivity index (χ3v) is 7.90. The van der Waals surface area contributed by atoms with Crippen molar-refractivity contribution in [1.29, 1.82) is 10.5 Å². The summed E-state index contributed by atoms with van der Waals surface area (Å²) in [4.78, 5) is 23.2. The van der Waals surface area contributed by atoms with Crippen molar-refractivity contribution in [3.05, 3.63) is 68.8 Å². The SMILES string of the molecule is N#Cc1cccc(CN(C(=O)O)c2c(C3(C(N)=O)CC3)c(C#N)nn2-c2c(Cl)cc(S(F)(F)(F)(F)F)cc2Cl)c1. The highest BCUT2D eigenvalue weighted by molar-refractivity contribution is 8.45. The molecule has 1 aromatic heterocycles. The van der Waals surface area contributed by atoms with Crippen LogP contribution >= 0.6 is 33.4 Å². The zero-order chi connectivity index (χ0) is 29.9. The van der Waals surface area contributed by atoms with E-state index in [1.807, 2.05) is 6.07 Å². The molecule has 0 radical (unpaired) electrons. The van der Waals surface area contributed by atoms with E-state index in [4.69, 9.17) is 28.9 Å². The quantitative estimate of drug-likeness (QED) is 0.278. The molecule has 0 aliphatic heterocycles. The number of nitrogens with two attached hydrogens (primary N) is 1. The molecule has 40 heavy (non-hydrogen) atoms. The lowest BCUT2D eigenvalue weighted by molar-refractivity contribution is -0.120. The summed E-state index contributed by atoms with van der Waals surface area (Å²) in [5.74, 6) is -1.46. The summed E-state index contributed by atoms with van der Waals surface area (Å²) in [6, 6.07) is 9.14. The highest BCUT2D eigenvalue weighted by Crippen LogP contribution is 3.02. The Balaban J connectivity index is 2.06. The van der Waals surface area contributed by atoms with Crippen LogP contribution in [0.5, 0.6) is 0 Å². The summed E-state index contributed by atoms with van der Waals surface area (Å²) in [6.07, 6.45) is -1.51. The zero-order valence-electron chi connectivity index (χ0n) is 19.7. The summed E-state index contributed by atoms with van der Waals surface area (Å²) >= 11 is 12.0. The third-order valence-electron chi connectivity index (χ3n) is 6.20. The van der Waals surface area contributed by atoms with E-state index in [0.29, 0.717) is 9.58 Å². The number of hydrogen-bond acceptors (Lipinski definition) is 5. The first-order valence-electron chi connectivity index (χ1n) is 10.9. The number of primary amides is 1. The van der Waals surface area contributed by atoms with Crippen LogP contribution in [0.4, 0.5) is 30.0 Å². The van der Waals surface area contributed by atoms with E-state index in [1.54, 1.807) is 6.07 Å². The van der Waals surface area contributed by atoms with Gasteiger partial charge in [0.1, 0.15) is 22.5 Å². The first kappa shape index (κ1) is 28.9. The molecule has 1 aliphatic rings. The number of carbonyl (C=O) groups is 2. The lowest BCUT2D eigenvalue weighted by Crippen LogP contribution is -2.35. The Kier molecular flexibility index (Phi) is 6.31. The molecule has 2 aromatic carbocycles. The topological polar surface area (TPSA) is 149 Å². The summed E-state index contributed by atoms with van der Waals surface area (Å²) in [5.41, 5.74) is 3.01. The minimum atomic E-state index is -10.2. The smallest absolute Gasteiger partial charge is 0.413 e. The van der Waals surface area contributed by atoms with E-state index >= 15 is 0 Å². The number of amides is 2. The second-order valence-corrected chi connectivity index (χ2v) is 12.1. The first-order chi connectivity index (χ1) is 18.3. The van der Waals surface area contributed by atoms with Gasteiger partial charge in [-0.25, -0.2) is 9.48 Å². The maximum absolute atomic E-state index is 13.5. The van der Waals surface area contributed by atoms with E-state index in [2.05, 4.69) is 5.10 Å². The van der Waals surface area contributed by atoms with Crippen molar-refractivity contribution in [1.82, 2.24) is 9.78 Å². The average molecular weight is 621 g/mol. The molecule has 1 heterocycles. The lowest BCUT2D eigenvalue weighted by Gasteiger charge is -2.40. The summed E-state index contributed by atoms with van der Waals surface area (Å²) in [5, 5.41) is 31.2. The van der Waals surface area contributed by atoms with Gasteiger partial charge in [-0.1, -0.05) is 54.8 Å². The normalized spacial score (nSPS) is 15.7. The number of carbonyl (C=O) groups excluding carboxylic acids is 1. The molecule has 17 heteroatoms. The molecule has 0 bridgehead atoms. The number of rotatable bonds is 7. The maximum atomic E-state index is 13.5. The minimum absolute atomic E-state index is 0.0811. The van der Waals surface area contributed by atoms with Gasteiger partial charge in [-0.3, -0.25) is 9.69 Å². The third kappa shape index (κ3) is 5.11. The monoisotopic (exact) mass is 620 g/mol. The maximum Gasteiger partial charge on any atom is 0.413 e. The number of anilines is 1. The molecular formula is C23H15Cl2F5N6O3S. The van der Waals surface area contributed by atoms with Gasteiger partial charge in [-0.15, -0.1) is 0 Å². The Labute approximate surface area is 232 Å². The number of aromatic nitrogens is 2. The molecule has 1 aliphatic carbocycles. The first-order valence-corrected chi connectivity index (χ1v) is 13.6. The number of nitrogens with zero attached hydrogens (tertiary/aromatic N) is 5. The molecule has 1 fully saturated rings. The van der Waals surface area contributed by atoms with Crippen LogP contribution in [0.25, 0.3) is 5.69 Å². The van der Waals surface area contributed by atoms with E-state index in [9.17, 15) is 44.6 Å². The predicted molar refractivity (Wildman–Crippen MR) is 135 cm³/mol. The molecule has 0 atom stereocenters. The number of benzene rings is 2. The fourth-order valence-electron chi connectivity index (χ4n) is 4.20. The van der Waals surface area contributed by atoms with Crippen molar-refractivity contribution in [2.45, 2.75) is 29.7 Å². The number of carboxylic acid groups (broad SMARTS) is 1. The molecule has 9 nitrogen and oxygen atoms in total. The van der Waals surface area contributed by atoms with Crippen molar-refractivity contribution < 1.29 is 34.1 Å². The Morgan fingerprint density at radius 1 is 1.10 bits per heavy atom. The van der Waals surface area contributed by atoms with Gasteiger partial charge in [-0.2, -0.15) is 15.6 Å². The molecular weight excluding hydrogens is 606 g/mol. The molecule has 0 spiro atoms. The van der Waals surface area contributed by atoms with Crippen LogP contribution in [0.3, 0.4) is 0 Å². The molecule has 0 saturated heterocycles. The van der Waals surface area contributed by atoms with Crippen molar-refractivity contribution in [3.63, 3.8) is 0 Å². The van der Waals surface area contributed by atoms with E-state index in [0.717, 1.165) is 0 Å². The summed E-state index contributed by atoms with van der Waals surface area (Å²) < 4.78 is 68.1. The van der Waals surface area contributed by atoms with Gasteiger partial charge in [0, 0.05) is 5.56 Å². The molecule has 3 N–H and O–H groups in total. The lowest BCUT2D eigenvalue weighted by atomic mass is 9.94. The van der Waals surface area contributed by atoms with Crippen LogP contribution in [0.2, 0.25) is 10.0 Å². The van der Waals surface area contributed by atoms with E-state index in [-0.39, 0.29) is 41.7 Å². The number of halogens is 7. The molecule has 3 aromatic rings. The van der Waals surface area contributed by atoms with Gasteiger partial charge in [0.25, 0.3) is 0 Å². The summed E-state index contributed by atoms with van der Waals surface area (Å²) in [7, 11) is -10.2. The number of hydrogen-bond donors (Lipinski definition) is 2. The number of nitriles is 2. The Hall–Kier alpha value is -4.05. The van der Waals surface area contributed by atoms with Crippen LogP contribution in [0, 0.1) is 22.7 Å². The Morgan fingerprint density at radius 3 is 2.15 bits per heavy atom. The van der Waals surface area contributed by atoms with E-state index in [1.165, 1.54) is 24.3 Å². The van der Waals surface area contributed by atoms with Crippen LogP contribution in [-0.4, -0.2) is 26.9 Å². The standard InChI is InChI=1S/C23H15Cl2F5N6O3S/c24-15-7-14(40(26,27,28,29)30)8-16(25)19(15)36-20(18(17(10-32)34-36)23(4-5-23)21(33)37)35(22(38)39)11-13-3-1-2-12(6-13)9-31/h1-3,6-8H,4-5,11H2,(H2,33,37)(H,38,39). The van der Waals surface area contributed by atoms with Crippen molar-refractivity contribution >= 4 is 51.2 Å². The summed E-state index contributed by atoms with van der Waals surface area (Å²) in [6.45, 7) is -0.512. The molecule has 4 rings (SSSR count). The second-order valence-electron chi connectivity index (χ2n) is 8.90. The molecule has 1 saturated carbocycles. The van der Waals surface area contributed by atoms with E-state index < -0.39 is 66.3 Å². The van der Waals surface area contributed by atoms with Crippen molar-refractivity contribution in [2.75, 3.05) is 4.90 Å². The molecule has 0 unspecified atom stereocenters. The predicted octanol–water partition coefficient (Wildman–Crippen LogP) is 6.78. The minimum Gasteiger partial charge on any atom is -0.465 e. The van der Waals surface area contributed by atoms with Gasteiger partial charge in [0.2, 0.25) is 5.91 Å². The zero-order valence-corrected chi connectivity index (χ0v) is 22.0. The highest BCUT2D eigenvalue weighted by atomic mass is 35.5. The van der Waals surface area contributed by atoms with Crippen LogP contribution < -0.4 is 10.6 Å². The van der Waals surface area contributed by atoms with Crippen LogP contribution in [0.1, 0.15) is 35.2 Å². The van der Waals surface area contributed by atoms with Gasteiger partial charge < -0.3 is 10.8 Å². The highest BCUT2D eigenvalue weighted by Gasteiger charge is 2.66. The van der Waals surface area contributed by atoms with Gasteiger partial charge in [0.15, 0.2) is 5.69 Å². The average Bonchev–Trinajstić information content (AvgIpc) is 3.56.